The lowest BCUT2D eigenvalue weighted by Crippen LogP contribution is -2.16. The van der Waals surface area contributed by atoms with Gasteiger partial charge in [0.2, 0.25) is 0 Å². The molecule has 0 radical (unpaired) electrons. The molecule has 0 saturated carbocycles. The molecule has 1 aromatic heterocycles. The Balaban J connectivity index is 2.21. The second-order valence-corrected chi connectivity index (χ2v) is 4.34. The van der Waals surface area contributed by atoms with Crippen molar-refractivity contribution in [1.29, 1.82) is 0 Å². The van der Waals surface area contributed by atoms with Gasteiger partial charge in [-0.2, -0.15) is 0 Å². The number of carbonyl (C=O) groups excluding carboxylic acids is 1. The van der Waals surface area contributed by atoms with E-state index in [1.807, 2.05) is 0 Å². The third-order valence-electron chi connectivity index (χ3n) is 2.20. The number of anilines is 1. The Bertz CT molecular complexity index is 653. The maximum absolute atomic E-state index is 11.8. The number of H-pyrrole nitrogens is 1. The molecule has 0 fully saturated rings. The van der Waals surface area contributed by atoms with Crippen LogP contribution in [0.5, 0.6) is 0 Å². The molecule has 92 valence electrons. The fraction of sp³-hybridized carbons (Fsp3) is 0. The average Bonchev–Trinajstić information content (AvgIpc) is 2.34. The first-order valence-corrected chi connectivity index (χ1v) is 5.77. The van der Waals surface area contributed by atoms with Gasteiger partial charge in [0.05, 0.1) is 10.0 Å². The van der Waals surface area contributed by atoms with Gasteiger partial charge in [-0.25, -0.2) is 0 Å². The Morgan fingerprint density at radius 1 is 1.11 bits per heavy atom. The molecule has 18 heavy (non-hydrogen) atoms. The molecule has 0 spiro atoms. The smallest absolute Gasteiger partial charge is 0.272 e. The lowest BCUT2D eigenvalue weighted by Gasteiger charge is -2.05. The van der Waals surface area contributed by atoms with Crippen LogP contribution in [-0.4, -0.2) is 10.9 Å². The predicted molar refractivity (Wildman–Crippen MR) is 71.5 cm³/mol. The maximum Gasteiger partial charge on any atom is 0.272 e. The Labute approximate surface area is 113 Å². The van der Waals surface area contributed by atoms with E-state index in [4.69, 9.17) is 23.2 Å². The largest absolute Gasteiger partial charge is 0.357 e. The Hall–Kier alpha value is -1.78. The van der Waals surface area contributed by atoms with Crippen molar-refractivity contribution in [3.05, 3.63) is 62.5 Å². The van der Waals surface area contributed by atoms with Gasteiger partial charge in [0.15, 0.2) is 5.43 Å². The molecule has 0 bridgehead atoms. The van der Waals surface area contributed by atoms with Gasteiger partial charge in [-0.3, -0.25) is 9.59 Å². The molecular formula is C12H8Cl2N2O2. The fourth-order valence-corrected chi connectivity index (χ4v) is 1.65. The zero-order chi connectivity index (χ0) is 13.1. The summed E-state index contributed by atoms with van der Waals surface area (Å²) < 4.78 is 0. The molecule has 0 aliphatic carbocycles. The molecule has 1 aromatic carbocycles. The second kappa shape index (κ2) is 5.25. The molecule has 2 rings (SSSR count). The number of hydrogen-bond donors (Lipinski definition) is 2. The van der Waals surface area contributed by atoms with Crippen LogP contribution in [0.4, 0.5) is 5.69 Å². The number of aromatic nitrogens is 1. The summed E-state index contributed by atoms with van der Waals surface area (Å²) in [5, 5.41) is 3.35. The summed E-state index contributed by atoms with van der Waals surface area (Å²) in [7, 11) is 0. The summed E-state index contributed by atoms with van der Waals surface area (Å²) in [5.74, 6) is -0.425. The number of carbonyl (C=O) groups is 1. The van der Waals surface area contributed by atoms with Crippen molar-refractivity contribution in [2.24, 2.45) is 0 Å². The van der Waals surface area contributed by atoms with Gasteiger partial charge < -0.3 is 10.3 Å². The molecular weight excluding hydrogens is 275 g/mol. The van der Waals surface area contributed by atoms with Crippen LogP contribution >= 0.6 is 23.2 Å². The third-order valence-corrected chi connectivity index (χ3v) is 2.93. The van der Waals surface area contributed by atoms with Crippen LogP contribution in [0.25, 0.3) is 0 Å². The first-order valence-electron chi connectivity index (χ1n) is 5.01. The molecule has 6 heteroatoms. The minimum atomic E-state index is -0.425. The van der Waals surface area contributed by atoms with Crippen LogP contribution in [0.1, 0.15) is 10.5 Å². The van der Waals surface area contributed by atoms with Crippen LogP contribution in [-0.2, 0) is 0 Å². The Kier molecular flexibility index (Phi) is 3.69. The predicted octanol–water partition coefficient (Wildman–Crippen LogP) is 2.93. The Morgan fingerprint density at radius 3 is 2.56 bits per heavy atom. The summed E-state index contributed by atoms with van der Waals surface area (Å²) in [4.78, 5) is 25.6. The standard InChI is InChI=1S/C12H8Cl2N2O2/c13-9-2-1-7(5-10(9)14)16-12(18)11-6-8(17)3-4-15-11/h1-6H,(H,15,17)(H,16,18). The SMILES string of the molecule is O=C(Nc1ccc(Cl)c(Cl)c1)c1cc(=O)cc[nH]1. The van der Waals surface area contributed by atoms with Crippen molar-refractivity contribution in [2.75, 3.05) is 5.32 Å². The van der Waals surface area contributed by atoms with E-state index in [0.29, 0.717) is 15.7 Å². The van der Waals surface area contributed by atoms with Crippen molar-refractivity contribution >= 4 is 34.8 Å². The van der Waals surface area contributed by atoms with E-state index >= 15 is 0 Å². The molecule has 0 saturated heterocycles. The highest BCUT2D eigenvalue weighted by molar-refractivity contribution is 6.42. The quantitative estimate of drug-likeness (QED) is 0.890. The number of rotatable bonds is 2. The summed E-state index contributed by atoms with van der Waals surface area (Å²) in [5.41, 5.74) is 0.431. The van der Waals surface area contributed by atoms with Crippen molar-refractivity contribution in [1.82, 2.24) is 4.98 Å². The van der Waals surface area contributed by atoms with Crippen molar-refractivity contribution in [3.63, 3.8) is 0 Å². The topological polar surface area (TPSA) is 62.0 Å². The number of hydrogen-bond acceptors (Lipinski definition) is 2. The zero-order valence-electron chi connectivity index (χ0n) is 9.04. The first kappa shape index (κ1) is 12.7. The van der Waals surface area contributed by atoms with Gasteiger partial charge in [0, 0.05) is 24.0 Å². The summed E-state index contributed by atoms with van der Waals surface area (Å²) in [6.45, 7) is 0. The molecule has 1 heterocycles. The van der Waals surface area contributed by atoms with Gasteiger partial charge >= 0.3 is 0 Å². The molecule has 0 aliphatic rings. The first-order chi connectivity index (χ1) is 8.56. The van der Waals surface area contributed by atoms with Gasteiger partial charge in [-0.15, -0.1) is 0 Å². The number of pyridine rings is 1. The molecule has 1 amide bonds. The number of benzene rings is 1. The van der Waals surface area contributed by atoms with Crippen molar-refractivity contribution in [3.8, 4) is 0 Å². The lowest BCUT2D eigenvalue weighted by molar-refractivity contribution is 0.102. The lowest BCUT2D eigenvalue weighted by atomic mass is 10.3. The van der Waals surface area contributed by atoms with Gasteiger partial charge in [-0.1, -0.05) is 23.2 Å². The van der Waals surface area contributed by atoms with Gasteiger partial charge in [-0.05, 0) is 18.2 Å². The molecule has 4 nitrogen and oxygen atoms in total. The van der Waals surface area contributed by atoms with Crippen LogP contribution in [0, 0.1) is 0 Å². The van der Waals surface area contributed by atoms with Crippen LogP contribution in [0.15, 0.2) is 41.3 Å². The molecule has 2 N–H and O–H groups in total. The van der Waals surface area contributed by atoms with E-state index in [1.165, 1.54) is 24.4 Å². The molecule has 2 aromatic rings. The third kappa shape index (κ3) is 2.91. The summed E-state index contributed by atoms with van der Waals surface area (Å²) in [6.07, 6.45) is 1.41. The second-order valence-electron chi connectivity index (χ2n) is 3.52. The van der Waals surface area contributed by atoms with Gasteiger partial charge in [0.1, 0.15) is 5.69 Å². The number of nitrogens with one attached hydrogen (secondary N) is 2. The van der Waals surface area contributed by atoms with Crippen molar-refractivity contribution in [2.45, 2.75) is 0 Å². The summed E-state index contributed by atoms with van der Waals surface area (Å²) >= 11 is 11.6. The summed E-state index contributed by atoms with van der Waals surface area (Å²) in [6, 6.07) is 7.27. The van der Waals surface area contributed by atoms with Crippen LogP contribution < -0.4 is 10.7 Å². The number of aromatic amines is 1. The minimum Gasteiger partial charge on any atom is -0.357 e. The molecule has 0 unspecified atom stereocenters. The van der Waals surface area contributed by atoms with E-state index in [9.17, 15) is 9.59 Å². The van der Waals surface area contributed by atoms with Gasteiger partial charge in [0.25, 0.3) is 5.91 Å². The van der Waals surface area contributed by atoms with E-state index in [1.54, 1.807) is 12.1 Å². The monoisotopic (exact) mass is 282 g/mol. The maximum atomic E-state index is 11.8. The average molecular weight is 283 g/mol. The van der Waals surface area contributed by atoms with Crippen LogP contribution in [0.3, 0.4) is 0 Å². The van der Waals surface area contributed by atoms with E-state index in [0.717, 1.165) is 0 Å². The van der Waals surface area contributed by atoms with E-state index in [2.05, 4.69) is 10.3 Å². The fourth-order valence-electron chi connectivity index (χ4n) is 1.35. The highest BCUT2D eigenvalue weighted by Gasteiger charge is 2.07. The normalized spacial score (nSPS) is 10.1. The van der Waals surface area contributed by atoms with E-state index < -0.39 is 5.91 Å². The Morgan fingerprint density at radius 2 is 1.89 bits per heavy atom. The van der Waals surface area contributed by atoms with Crippen LogP contribution in [0.2, 0.25) is 10.0 Å². The van der Waals surface area contributed by atoms with E-state index in [-0.39, 0.29) is 11.1 Å². The molecule has 0 aliphatic heterocycles. The number of amides is 1. The number of halogens is 2. The van der Waals surface area contributed by atoms with Crippen molar-refractivity contribution < 1.29 is 4.79 Å². The highest BCUT2D eigenvalue weighted by Crippen LogP contribution is 2.25. The zero-order valence-corrected chi connectivity index (χ0v) is 10.5. The highest BCUT2D eigenvalue weighted by atomic mass is 35.5. The minimum absolute atomic E-state index is 0.175. The molecule has 0 atom stereocenters.